The summed E-state index contributed by atoms with van der Waals surface area (Å²) in [5, 5.41) is 7.36. The van der Waals surface area contributed by atoms with Crippen molar-refractivity contribution < 1.29 is 18.8 Å². The molecular weight excluding hydrogens is 456 g/mol. The SMILES string of the molecule is COc1ccc(-c2noc(C3=C(C)N(Cc4ccccc4)C(=O)NC3c3ccccc3)n2)cc1OC. The molecule has 36 heavy (non-hydrogen) atoms. The number of amides is 2. The van der Waals surface area contributed by atoms with Crippen LogP contribution < -0.4 is 14.8 Å². The summed E-state index contributed by atoms with van der Waals surface area (Å²) in [4.78, 5) is 19.6. The van der Waals surface area contributed by atoms with Gasteiger partial charge in [-0.3, -0.25) is 4.90 Å². The molecule has 8 heteroatoms. The van der Waals surface area contributed by atoms with Gasteiger partial charge in [-0.05, 0) is 36.2 Å². The van der Waals surface area contributed by atoms with Crippen molar-refractivity contribution in [2.75, 3.05) is 14.2 Å². The van der Waals surface area contributed by atoms with Crippen LogP contribution in [0.5, 0.6) is 11.5 Å². The van der Waals surface area contributed by atoms with E-state index in [9.17, 15) is 4.79 Å². The first-order valence-electron chi connectivity index (χ1n) is 11.5. The van der Waals surface area contributed by atoms with Crippen LogP contribution in [-0.2, 0) is 6.54 Å². The fourth-order valence-corrected chi connectivity index (χ4v) is 4.34. The summed E-state index contributed by atoms with van der Waals surface area (Å²) in [5.74, 6) is 1.92. The molecule has 1 aliphatic rings. The van der Waals surface area contributed by atoms with E-state index in [1.165, 1.54) is 0 Å². The van der Waals surface area contributed by atoms with E-state index in [2.05, 4.69) is 10.5 Å². The van der Waals surface area contributed by atoms with Gasteiger partial charge >= 0.3 is 6.03 Å². The van der Waals surface area contributed by atoms with Crippen LogP contribution in [0.4, 0.5) is 4.79 Å². The molecule has 1 atom stereocenters. The van der Waals surface area contributed by atoms with E-state index in [4.69, 9.17) is 19.0 Å². The van der Waals surface area contributed by atoms with Crippen LogP contribution in [0.2, 0.25) is 0 Å². The number of benzene rings is 3. The number of carbonyl (C=O) groups excluding carboxylic acids is 1. The maximum atomic E-state index is 13.2. The first kappa shape index (κ1) is 23.2. The second kappa shape index (κ2) is 9.95. The molecule has 0 fully saturated rings. The highest BCUT2D eigenvalue weighted by Crippen LogP contribution is 2.38. The van der Waals surface area contributed by atoms with Crippen molar-refractivity contribution in [3.63, 3.8) is 0 Å². The number of carbonyl (C=O) groups is 1. The van der Waals surface area contributed by atoms with Crippen LogP contribution >= 0.6 is 0 Å². The fourth-order valence-electron chi connectivity index (χ4n) is 4.34. The molecule has 8 nitrogen and oxygen atoms in total. The summed E-state index contributed by atoms with van der Waals surface area (Å²) >= 11 is 0. The molecule has 1 N–H and O–H groups in total. The molecule has 2 heterocycles. The van der Waals surface area contributed by atoms with Crippen molar-refractivity contribution in [2.45, 2.75) is 19.5 Å². The van der Waals surface area contributed by atoms with E-state index in [-0.39, 0.29) is 6.03 Å². The second-order valence-electron chi connectivity index (χ2n) is 8.36. The fraction of sp³-hybridized carbons (Fsp3) is 0.179. The summed E-state index contributed by atoms with van der Waals surface area (Å²) in [6.45, 7) is 2.33. The molecule has 182 valence electrons. The number of urea groups is 1. The van der Waals surface area contributed by atoms with Gasteiger partial charge in [-0.2, -0.15) is 4.98 Å². The molecule has 2 amide bonds. The molecular formula is C28H26N4O4. The number of hydrogen-bond acceptors (Lipinski definition) is 6. The quantitative estimate of drug-likeness (QED) is 0.377. The maximum absolute atomic E-state index is 13.2. The topological polar surface area (TPSA) is 89.7 Å². The summed E-state index contributed by atoms with van der Waals surface area (Å²) in [7, 11) is 3.16. The van der Waals surface area contributed by atoms with E-state index in [1.807, 2.05) is 73.7 Å². The molecule has 0 spiro atoms. The van der Waals surface area contributed by atoms with Crippen LogP contribution in [0.15, 0.2) is 89.1 Å². The lowest BCUT2D eigenvalue weighted by molar-refractivity contribution is 0.203. The zero-order valence-electron chi connectivity index (χ0n) is 20.3. The van der Waals surface area contributed by atoms with Gasteiger partial charge < -0.3 is 19.3 Å². The monoisotopic (exact) mass is 482 g/mol. The zero-order chi connectivity index (χ0) is 25.1. The van der Waals surface area contributed by atoms with E-state index in [0.717, 1.165) is 28.0 Å². The van der Waals surface area contributed by atoms with Gasteiger partial charge in [-0.1, -0.05) is 65.8 Å². The van der Waals surface area contributed by atoms with Crippen LogP contribution in [0.25, 0.3) is 17.0 Å². The Hall–Kier alpha value is -4.59. The van der Waals surface area contributed by atoms with Crippen molar-refractivity contribution in [2.24, 2.45) is 0 Å². The molecule has 5 rings (SSSR count). The molecule has 0 radical (unpaired) electrons. The Balaban J connectivity index is 1.58. The second-order valence-corrected chi connectivity index (χ2v) is 8.36. The lowest BCUT2D eigenvalue weighted by Gasteiger charge is -2.35. The number of nitrogens with zero attached hydrogens (tertiary/aromatic N) is 3. The van der Waals surface area contributed by atoms with Crippen LogP contribution in [0.3, 0.4) is 0 Å². The molecule has 0 bridgehead atoms. The molecule has 1 aliphatic heterocycles. The van der Waals surface area contributed by atoms with Gasteiger partial charge in [0.2, 0.25) is 5.82 Å². The number of allylic oxidation sites excluding steroid dienone is 1. The summed E-state index contributed by atoms with van der Waals surface area (Å²) in [6, 6.07) is 24.4. The Kier molecular flexibility index (Phi) is 6.40. The van der Waals surface area contributed by atoms with E-state index in [1.54, 1.807) is 31.3 Å². The van der Waals surface area contributed by atoms with Gasteiger partial charge in [-0.15, -0.1) is 0 Å². The molecule has 1 unspecified atom stereocenters. The average Bonchev–Trinajstić information content (AvgIpc) is 3.41. The third-order valence-electron chi connectivity index (χ3n) is 6.21. The third-order valence-corrected chi connectivity index (χ3v) is 6.21. The molecule has 1 aromatic heterocycles. The Bertz CT molecular complexity index is 1400. The number of rotatable bonds is 7. The Labute approximate surface area is 209 Å². The zero-order valence-corrected chi connectivity index (χ0v) is 20.3. The van der Waals surface area contributed by atoms with E-state index >= 15 is 0 Å². The normalized spacial score (nSPS) is 15.6. The number of nitrogens with one attached hydrogen (secondary N) is 1. The minimum atomic E-state index is -0.440. The average molecular weight is 483 g/mol. The maximum Gasteiger partial charge on any atom is 0.322 e. The van der Waals surface area contributed by atoms with Crippen LogP contribution in [0.1, 0.15) is 30.0 Å². The predicted molar refractivity (Wildman–Crippen MR) is 135 cm³/mol. The minimum absolute atomic E-state index is 0.186. The standard InChI is InChI=1S/C28H26N4O4/c1-18-24(27-30-26(31-36-27)21-14-15-22(34-2)23(16-21)35-3)25(20-12-8-5-9-13-20)29-28(33)32(18)17-19-10-6-4-7-11-19/h4-16,25H,17H2,1-3H3,(H,29,33). The van der Waals surface area contributed by atoms with Gasteiger partial charge in [0.25, 0.3) is 5.89 Å². The Morgan fingerprint density at radius 3 is 2.33 bits per heavy atom. The van der Waals surface area contributed by atoms with Crippen molar-refractivity contribution in [1.29, 1.82) is 0 Å². The van der Waals surface area contributed by atoms with Gasteiger partial charge in [0.05, 0.1) is 32.4 Å². The van der Waals surface area contributed by atoms with Crippen molar-refractivity contribution in [3.8, 4) is 22.9 Å². The highest BCUT2D eigenvalue weighted by molar-refractivity contribution is 5.86. The van der Waals surface area contributed by atoms with Gasteiger partial charge in [0, 0.05) is 11.3 Å². The Morgan fingerprint density at radius 1 is 0.944 bits per heavy atom. The predicted octanol–water partition coefficient (Wildman–Crippen LogP) is 5.45. The van der Waals surface area contributed by atoms with Crippen LogP contribution in [0, 0.1) is 0 Å². The Morgan fingerprint density at radius 2 is 1.64 bits per heavy atom. The lowest BCUT2D eigenvalue weighted by Crippen LogP contribution is -2.45. The van der Waals surface area contributed by atoms with Gasteiger partial charge in [0.15, 0.2) is 11.5 Å². The number of ether oxygens (including phenoxy) is 2. The first-order valence-corrected chi connectivity index (χ1v) is 11.5. The molecule has 4 aromatic rings. The largest absolute Gasteiger partial charge is 0.493 e. The van der Waals surface area contributed by atoms with Crippen molar-refractivity contribution in [1.82, 2.24) is 20.4 Å². The van der Waals surface area contributed by atoms with E-state index in [0.29, 0.717) is 29.8 Å². The van der Waals surface area contributed by atoms with Crippen molar-refractivity contribution >= 4 is 11.6 Å². The van der Waals surface area contributed by atoms with Gasteiger partial charge in [0.1, 0.15) is 0 Å². The summed E-state index contributed by atoms with van der Waals surface area (Å²) < 4.78 is 16.5. The van der Waals surface area contributed by atoms with E-state index < -0.39 is 6.04 Å². The first-order chi connectivity index (χ1) is 17.6. The molecule has 3 aromatic carbocycles. The summed E-state index contributed by atoms with van der Waals surface area (Å²) in [5.41, 5.74) is 4.15. The lowest BCUT2D eigenvalue weighted by atomic mass is 9.94. The third kappa shape index (κ3) is 4.40. The number of hydrogen-bond donors (Lipinski definition) is 1. The molecule has 0 aliphatic carbocycles. The summed E-state index contributed by atoms with van der Waals surface area (Å²) in [6.07, 6.45) is 0. The highest BCUT2D eigenvalue weighted by Gasteiger charge is 2.35. The minimum Gasteiger partial charge on any atom is -0.493 e. The van der Waals surface area contributed by atoms with Crippen molar-refractivity contribution in [3.05, 3.63) is 102 Å². The molecule has 0 saturated heterocycles. The smallest absolute Gasteiger partial charge is 0.322 e. The molecule has 0 saturated carbocycles. The van der Waals surface area contributed by atoms with Gasteiger partial charge in [-0.25, -0.2) is 4.79 Å². The number of aromatic nitrogens is 2. The highest BCUT2D eigenvalue weighted by atomic mass is 16.5. The van der Waals surface area contributed by atoms with Crippen LogP contribution in [-0.4, -0.2) is 35.3 Å². The number of methoxy groups -OCH3 is 2.